The number of ether oxygens (including phenoxy) is 1. The molecular formula is C16H29N5O3. The van der Waals surface area contributed by atoms with E-state index in [1.54, 1.807) is 7.11 Å². The molecule has 0 bridgehead atoms. The summed E-state index contributed by atoms with van der Waals surface area (Å²) in [6.07, 6.45) is 0. The largest absolute Gasteiger partial charge is 0.383 e. The molecule has 1 unspecified atom stereocenters. The van der Waals surface area contributed by atoms with Gasteiger partial charge in [-0.25, -0.2) is 0 Å². The molecule has 0 aromatic carbocycles. The van der Waals surface area contributed by atoms with Gasteiger partial charge in [-0.2, -0.15) is 4.98 Å². The van der Waals surface area contributed by atoms with Crippen LogP contribution in [0, 0.1) is 0 Å². The van der Waals surface area contributed by atoms with Gasteiger partial charge in [0, 0.05) is 45.8 Å². The van der Waals surface area contributed by atoms with Crippen molar-refractivity contribution in [2.45, 2.75) is 32.7 Å². The first-order chi connectivity index (χ1) is 11.5. The molecule has 1 atom stereocenters. The summed E-state index contributed by atoms with van der Waals surface area (Å²) in [6.45, 7) is 11.2. The first-order valence-corrected chi connectivity index (χ1v) is 8.56. The molecule has 2 heterocycles. The fraction of sp³-hybridized carbons (Fsp3) is 0.812. The maximum absolute atomic E-state index is 11.8. The first kappa shape index (κ1) is 18.8. The summed E-state index contributed by atoms with van der Waals surface area (Å²) in [6, 6.07) is 0.0997. The minimum absolute atomic E-state index is 0.0482. The van der Waals surface area contributed by atoms with Crippen LogP contribution in [0.5, 0.6) is 0 Å². The molecule has 0 radical (unpaired) electrons. The fourth-order valence-electron chi connectivity index (χ4n) is 2.67. The zero-order chi connectivity index (χ0) is 17.5. The Labute approximate surface area is 143 Å². The Morgan fingerprint density at radius 2 is 2.00 bits per heavy atom. The Hall–Kier alpha value is -1.51. The molecule has 24 heavy (non-hydrogen) atoms. The number of hydrogen-bond acceptors (Lipinski definition) is 7. The van der Waals surface area contributed by atoms with E-state index in [9.17, 15) is 4.79 Å². The van der Waals surface area contributed by atoms with Crippen molar-refractivity contribution in [1.29, 1.82) is 0 Å². The van der Waals surface area contributed by atoms with Crippen LogP contribution in [-0.2, 0) is 9.53 Å². The fourth-order valence-corrected chi connectivity index (χ4v) is 2.67. The Bertz CT molecular complexity index is 512. The summed E-state index contributed by atoms with van der Waals surface area (Å²) >= 11 is 0. The van der Waals surface area contributed by atoms with Gasteiger partial charge in [0.15, 0.2) is 5.82 Å². The lowest BCUT2D eigenvalue weighted by Gasteiger charge is -2.36. The highest BCUT2D eigenvalue weighted by atomic mass is 16.5. The predicted molar refractivity (Wildman–Crippen MR) is 89.7 cm³/mol. The van der Waals surface area contributed by atoms with Crippen molar-refractivity contribution in [2.75, 3.05) is 53.0 Å². The highest BCUT2D eigenvalue weighted by Crippen LogP contribution is 2.21. The average Bonchev–Trinajstić information content (AvgIpc) is 3.05. The molecule has 1 fully saturated rings. The molecular weight excluding hydrogens is 310 g/mol. The van der Waals surface area contributed by atoms with E-state index in [-0.39, 0.29) is 17.9 Å². The summed E-state index contributed by atoms with van der Waals surface area (Å²) in [5, 5.41) is 6.89. The molecule has 8 nitrogen and oxygen atoms in total. The molecule has 136 valence electrons. The molecule has 0 spiro atoms. The van der Waals surface area contributed by atoms with Gasteiger partial charge in [0.1, 0.15) is 0 Å². The van der Waals surface area contributed by atoms with Crippen LogP contribution in [0.2, 0.25) is 0 Å². The number of rotatable bonds is 8. The number of nitrogens with zero attached hydrogens (tertiary/aromatic N) is 4. The van der Waals surface area contributed by atoms with E-state index in [1.165, 1.54) is 0 Å². The van der Waals surface area contributed by atoms with Gasteiger partial charge in [0.05, 0.1) is 19.2 Å². The van der Waals surface area contributed by atoms with Crippen molar-refractivity contribution in [3.05, 3.63) is 11.7 Å². The summed E-state index contributed by atoms with van der Waals surface area (Å²) in [5.74, 6) is 1.74. The molecule has 0 saturated carbocycles. The van der Waals surface area contributed by atoms with Crippen molar-refractivity contribution in [3.63, 3.8) is 0 Å². The number of carbonyl (C=O) groups is 1. The summed E-state index contributed by atoms with van der Waals surface area (Å²) in [7, 11) is 1.63. The molecule has 1 aromatic heterocycles. The second kappa shape index (κ2) is 9.10. The van der Waals surface area contributed by atoms with Crippen LogP contribution in [-0.4, -0.2) is 78.8 Å². The van der Waals surface area contributed by atoms with Crippen LogP contribution < -0.4 is 5.32 Å². The van der Waals surface area contributed by atoms with E-state index in [0.717, 1.165) is 32.0 Å². The van der Waals surface area contributed by atoms with E-state index in [0.29, 0.717) is 25.6 Å². The standard InChI is InChI=1S/C16H29N5O3/c1-12(2)15-18-16(24-19-15)13(3)21-8-6-20(7-9-21)11-14(22)17-5-10-23-4/h12-13H,5-11H2,1-4H3,(H,17,22). The number of methoxy groups -OCH3 is 1. The molecule has 1 aliphatic rings. The van der Waals surface area contributed by atoms with E-state index in [1.807, 2.05) is 0 Å². The van der Waals surface area contributed by atoms with Crippen molar-refractivity contribution < 1.29 is 14.1 Å². The second-order valence-corrected chi connectivity index (χ2v) is 6.48. The molecule has 8 heteroatoms. The van der Waals surface area contributed by atoms with Gasteiger partial charge < -0.3 is 14.6 Å². The Balaban J connectivity index is 1.76. The van der Waals surface area contributed by atoms with Crippen molar-refractivity contribution in [3.8, 4) is 0 Å². The van der Waals surface area contributed by atoms with Gasteiger partial charge in [-0.15, -0.1) is 0 Å². The molecule has 1 aromatic rings. The average molecular weight is 339 g/mol. The van der Waals surface area contributed by atoms with Crippen LogP contribution in [0.25, 0.3) is 0 Å². The number of carbonyl (C=O) groups excluding carboxylic acids is 1. The lowest BCUT2D eigenvalue weighted by Crippen LogP contribution is -2.50. The zero-order valence-electron chi connectivity index (χ0n) is 15.1. The van der Waals surface area contributed by atoms with Crippen LogP contribution in [0.3, 0.4) is 0 Å². The number of aromatic nitrogens is 2. The van der Waals surface area contributed by atoms with Crippen molar-refractivity contribution in [1.82, 2.24) is 25.3 Å². The monoisotopic (exact) mass is 339 g/mol. The Kier molecular flexibility index (Phi) is 7.14. The minimum Gasteiger partial charge on any atom is -0.383 e. The lowest BCUT2D eigenvalue weighted by atomic mass is 10.2. The van der Waals surface area contributed by atoms with Crippen molar-refractivity contribution >= 4 is 5.91 Å². The molecule has 1 amide bonds. The SMILES string of the molecule is COCCNC(=O)CN1CCN(C(C)c2nc(C(C)C)no2)CC1. The Morgan fingerprint density at radius 1 is 1.29 bits per heavy atom. The number of nitrogens with one attached hydrogen (secondary N) is 1. The number of amides is 1. The summed E-state index contributed by atoms with van der Waals surface area (Å²) in [5.41, 5.74) is 0. The van der Waals surface area contributed by atoms with E-state index in [4.69, 9.17) is 9.26 Å². The third-order valence-corrected chi connectivity index (χ3v) is 4.28. The van der Waals surface area contributed by atoms with Crippen LogP contribution in [0.1, 0.15) is 44.4 Å². The normalized spacial score (nSPS) is 18.0. The highest BCUT2D eigenvalue weighted by molar-refractivity contribution is 5.77. The number of hydrogen-bond donors (Lipinski definition) is 1. The molecule has 2 rings (SSSR count). The summed E-state index contributed by atoms with van der Waals surface area (Å²) < 4.78 is 10.3. The topological polar surface area (TPSA) is 83.7 Å². The van der Waals surface area contributed by atoms with Gasteiger partial charge in [-0.05, 0) is 6.92 Å². The molecule has 1 aliphatic heterocycles. The van der Waals surface area contributed by atoms with Crippen LogP contribution in [0.4, 0.5) is 0 Å². The zero-order valence-corrected chi connectivity index (χ0v) is 15.1. The molecule has 1 N–H and O–H groups in total. The van der Waals surface area contributed by atoms with Gasteiger partial charge in [-0.3, -0.25) is 14.6 Å². The van der Waals surface area contributed by atoms with Gasteiger partial charge >= 0.3 is 0 Å². The van der Waals surface area contributed by atoms with Gasteiger partial charge in [0.2, 0.25) is 11.8 Å². The maximum atomic E-state index is 11.8. The van der Waals surface area contributed by atoms with Crippen LogP contribution in [0.15, 0.2) is 4.52 Å². The maximum Gasteiger partial charge on any atom is 0.243 e. The highest BCUT2D eigenvalue weighted by Gasteiger charge is 2.26. The lowest BCUT2D eigenvalue weighted by molar-refractivity contribution is -0.122. The van der Waals surface area contributed by atoms with E-state index >= 15 is 0 Å². The minimum atomic E-state index is 0.0482. The third kappa shape index (κ3) is 5.25. The molecule has 1 saturated heterocycles. The van der Waals surface area contributed by atoms with E-state index < -0.39 is 0 Å². The Morgan fingerprint density at radius 3 is 2.58 bits per heavy atom. The van der Waals surface area contributed by atoms with Gasteiger partial charge in [-0.1, -0.05) is 19.0 Å². The smallest absolute Gasteiger partial charge is 0.243 e. The third-order valence-electron chi connectivity index (χ3n) is 4.28. The number of piperazine rings is 1. The quantitative estimate of drug-likeness (QED) is 0.696. The van der Waals surface area contributed by atoms with Crippen LogP contribution >= 0.6 is 0 Å². The van der Waals surface area contributed by atoms with Crippen molar-refractivity contribution in [2.24, 2.45) is 0 Å². The second-order valence-electron chi connectivity index (χ2n) is 6.48. The first-order valence-electron chi connectivity index (χ1n) is 8.56. The van der Waals surface area contributed by atoms with Gasteiger partial charge in [0.25, 0.3) is 0 Å². The summed E-state index contributed by atoms with van der Waals surface area (Å²) in [4.78, 5) is 20.8. The molecule has 0 aliphatic carbocycles. The predicted octanol–water partition coefficient (Wildman–Crippen LogP) is 0.634. The van der Waals surface area contributed by atoms with E-state index in [2.05, 4.69) is 46.0 Å².